The number of halogens is 1. The lowest BCUT2D eigenvalue weighted by Gasteiger charge is -2.30. The van der Waals surface area contributed by atoms with Crippen LogP contribution >= 0.6 is 0 Å². The Balaban J connectivity index is 1.68. The first-order chi connectivity index (χ1) is 13.3. The summed E-state index contributed by atoms with van der Waals surface area (Å²) in [6.07, 6.45) is 0.504. The van der Waals surface area contributed by atoms with Crippen LogP contribution in [0.1, 0.15) is 6.92 Å². The molecule has 150 valence electrons. The second-order valence-corrected chi connectivity index (χ2v) is 8.29. The third-order valence-electron chi connectivity index (χ3n) is 4.25. The third kappa shape index (κ3) is 4.36. The van der Waals surface area contributed by atoms with Gasteiger partial charge >= 0.3 is 0 Å². The van der Waals surface area contributed by atoms with Crippen LogP contribution in [-0.4, -0.2) is 45.9 Å². The molecule has 0 spiro atoms. The number of hydrogen-bond donors (Lipinski definition) is 1. The van der Waals surface area contributed by atoms with Crippen molar-refractivity contribution in [1.29, 1.82) is 0 Å². The summed E-state index contributed by atoms with van der Waals surface area (Å²) in [7, 11) is -3.89. The van der Waals surface area contributed by atoms with Gasteiger partial charge in [0.05, 0.1) is 18.5 Å². The van der Waals surface area contributed by atoms with Crippen LogP contribution < -0.4 is 19.1 Å². The predicted molar refractivity (Wildman–Crippen MR) is 103 cm³/mol. The number of nitrogens with zero attached hydrogens (tertiary/aromatic N) is 1. The van der Waals surface area contributed by atoms with Gasteiger partial charge in [0.15, 0.2) is 11.5 Å². The standard InChI is InChI=1S/C19H21FN2O5S/c1-13(22(28(2,24)25)16-8-4-3-7-15(16)20)19(23)21-11-14-12-26-17-9-5-6-10-18(17)27-14/h3-10,13-14H,11-12H2,1-2H3,(H,21,23). The lowest BCUT2D eigenvalue weighted by atomic mass is 10.2. The Morgan fingerprint density at radius 2 is 1.86 bits per heavy atom. The minimum absolute atomic E-state index is 0.117. The second kappa shape index (κ2) is 8.05. The minimum atomic E-state index is -3.89. The summed E-state index contributed by atoms with van der Waals surface area (Å²) in [6, 6.07) is 11.4. The lowest BCUT2D eigenvalue weighted by molar-refractivity contribution is -0.122. The van der Waals surface area contributed by atoms with Crippen molar-refractivity contribution in [2.75, 3.05) is 23.7 Å². The average Bonchev–Trinajstić information content (AvgIpc) is 2.66. The van der Waals surface area contributed by atoms with E-state index in [2.05, 4.69) is 5.32 Å². The van der Waals surface area contributed by atoms with Crippen molar-refractivity contribution >= 4 is 21.6 Å². The van der Waals surface area contributed by atoms with Gasteiger partial charge in [0.2, 0.25) is 15.9 Å². The Morgan fingerprint density at radius 1 is 1.21 bits per heavy atom. The van der Waals surface area contributed by atoms with Crippen LogP contribution in [0.25, 0.3) is 0 Å². The Hall–Kier alpha value is -2.81. The molecule has 2 aromatic rings. The fraction of sp³-hybridized carbons (Fsp3) is 0.316. The van der Waals surface area contributed by atoms with E-state index in [9.17, 15) is 17.6 Å². The first-order valence-electron chi connectivity index (χ1n) is 8.67. The van der Waals surface area contributed by atoms with Gasteiger partial charge in [-0.1, -0.05) is 24.3 Å². The zero-order chi connectivity index (χ0) is 20.3. The molecule has 1 heterocycles. The van der Waals surface area contributed by atoms with Gasteiger partial charge in [0, 0.05) is 0 Å². The van der Waals surface area contributed by atoms with Gasteiger partial charge in [-0.2, -0.15) is 0 Å². The number of hydrogen-bond acceptors (Lipinski definition) is 5. The molecule has 0 aromatic heterocycles. The molecule has 1 aliphatic heterocycles. The third-order valence-corrected chi connectivity index (χ3v) is 5.48. The normalized spacial score (nSPS) is 16.9. The largest absolute Gasteiger partial charge is 0.486 e. The summed E-state index contributed by atoms with van der Waals surface area (Å²) in [6.45, 7) is 1.76. The second-order valence-electron chi connectivity index (χ2n) is 6.43. The number of anilines is 1. The van der Waals surface area contributed by atoms with E-state index in [1.54, 1.807) is 12.1 Å². The van der Waals surface area contributed by atoms with Crippen molar-refractivity contribution < 1.29 is 27.1 Å². The highest BCUT2D eigenvalue weighted by molar-refractivity contribution is 7.92. The maximum atomic E-state index is 14.1. The molecule has 0 bridgehead atoms. The maximum Gasteiger partial charge on any atom is 0.243 e. The highest BCUT2D eigenvalue weighted by Gasteiger charge is 2.31. The highest BCUT2D eigenvalue weighted by Crippen LogP contribution is 2.30. The molecule has 7 nitrogen and oxygen atoms in total. The van der Waals surface area contributed by atoms with Crippen LogP contribution in [-0.2, 0) is 14.8 Å². The summed E-state index contributed by atoms with van der Waals surface area (Å²) < 4.78 is 50.7. The van der Waals surface area contributed by atoms with E-state index in [0.717, 1.165) is 16.6 Å². The van der Waals surface area contributed by atoms with Gasteiger partial charge in [-0.25, -0.2) is 12.8 Å². The van der Waals surface area contributed by atoms with Crippen LogP contribution in [0.3, 0.4) is 0 Å². The number of rotatable bonds is 6. The van der Waals surface area contributed by atoms with E-state index >= 15 is 0 Å². The van der Waals surface area contributed by atoms with Gasteiger partial charge < -0.3 is 14.8 Å². The summed E-state index contributed by atoms with van der Waals surface area (Å²) in [5, 5.41) is 2.65. The number of ether oxygens (including phenoxy) is 2. The topological polar surface area (TPSA) is 84.9 Å². The van der Waals surface area contributed by atoms with Crippen molar-refractivity contribution in [2.24, 2.45) is 0 Å². The van der Waals surface area contributed by atoms with Crippen LogP contribution in [0.15, 0.2) is 48.5 Å². The Bertz CT molecular complexity index is 966. The zero-order valence-electron chi connectivity index (χ0n) is 15.5. The van der Waals surface area contributed by atoms with Gasteiger partial charge in [0.1, 0.15) is 24.6 Å². The molecular formula is C19H21FN2O5S. The molecule has 0 radical (unpaired) electrons. The Kier molecular flexibility index (Phi) is 5.73. The molecule has 9 heteroatoms. The molecule has 1 aliphatic rings. The molecule has 3 rings (SSSR count). The number of fused-ring (bicyclic) bond motifs is 1. The van der Waals surface area contributed by atoms with Crippen molar-refractivity contribution in [2.45, 2.75) is 19.1 Å². The molecule has 1 N–H and O–H groups in total. The van der Waals surface area contributed by atoms with E-state index in [4.69, 9.17) is 9.47 Å². The van der Waals surface area contributed by atoms with Crippen LogP contribution in [0, 0.1) is 5.82 Å². The number of sulfonamides is 1. The van der Waals surface area contributed by atoms with E-state index in [1.807, 2.05) is 12.1 Å². The molecular weight excluding hydrogens is 387 g/mol. The number of benzene rings is 2. The molecule has 2 unspecified atom stereocenters. The number of nitrogens with one attached hydrogen (secondary N) is 1. The van der Waals surface area contributed by atoms with Crippen LogP contribution in [0.2, 0.25) is 0 Å². The molecule has 28 heavy (non-hydrogen) atoms. The van der Waals surface area contributed by atoms with E-state index in [-0.39, 0.29) is 18.8 Å². The summed E-state index contributed by atoms with van der Waals surface area (Å²) in [5.74, 6) is -0.101. The molecule has 1 amide bonds. The lowest BCUT2D eigenvalue weighted by Crippen LogP contribution is -2.50. The van der Waals surface area contributed by atoms with Gasteiger partial charge in [-0.15, -0.1) is 0 Å². The molecule has 0 aliphatic carbocycles. The monoisotopic (exact) mass is 408 g/mol. The van der Waals surface area contributed by atoms with Gasteiger partial charge in [-0.3, -0.25) is 9.10 Å². The van der Waals surface area contributed by atoms with E-state index in [1.165, 1.54) is 25.1 Å². The Morgan fingerprint density at radius 3 is 2.54 bits per heavy atom. The highest BCUT2D eigenvalue weighted by atomic mass is 32.2. The molecule has 2 aromatic carbocycles. The maximum absolute atomic E-state index is 14.1. The first kappa shape index (κ1) is 19.9. The van der Waals surface area contributed by atoms with E-state index in [0.29, 0.717) is 11.5 Å². The molecule has 0 fully saturated rings. The summed E-state index contributed by atoms with van der Waals surface area (Å²) >= 11 is 0. The SMILES string of the molecule is CC(C(=O)NCC1COc2ccccc2O1)N(c1ccccc1F)S(C)(=O)=O. The Labute approximate surface area is 163 Å². The fourth-order valence-corrected chi connectivity index (χ4v) is 4.11. The molecule has 2 atom stereocenters. The number of carbonyl (C=O) groups is 1. The zero-order valence-corrected chi connectivity index (χ0v) is 16.3. The fourth-order valence-electron chi connectivity index (χ4n) is 2.94. The smallest absolute Gasteiger partial charge is 0.243 e. The van der Waals surface area contributed by atoms with Crippen LogP contribution in [0.5, 0.6) is 11.5 Å². The van der Waals surface area contributed by atoms with E-state index < -0.39 is 33.9 Å². The average molecular weight is 408 g/mol. The number of carbonyl (C=O) groups excluding carboxylic acids is 1. The summed E-state index contributed by atoms with van der Waals surface area (Å²) in [5.41, 5.74) is -0.182. The van der Waals surface area contributed by atoms with Crippen molar-refractivity contribution in [3.05, 3.63) is 54.3 Å². The number of amides is 1. The van der Waals surface area contributed by atoms with Gasteiger partial charge in [-0.05, 0) is 31.2 Å². The van der Waals surface area contributed by atoms with Crippen molar-refractivity contribution in [1.82, 2.24) is 5.32 Å². The van der Waals surface area contributed by atoms with Crippen molar-refractivity contribution in [3.8, 4) is 11.5 Å². The number of para-hydroxylation sites is 3. The predicted octanol–water partition coefficient (Wildman–Crippen LogP) is 1.94. The van der Waals surface area contributed by atoms with Crippen LogP contribution in [0.4, 0.5) is 10.1 Å². The van der Waals surface area contributed by atoms with Crippen molar-refractivity contribution in [3.63, 3.8) is 0 Å². The molecule has 0 saturated heterocycles. The van der Waals surface area contributed by atoms with Gasteiger partial charge in [0.25, 0.3) is 0 Å². The minimum Gasteiger partial charge on any atom is -0.486 e. The summed E-state index contributed by atoms with van der Waals surface area (Å²) in [4.78, 5) is 12.6. The molecule has 0 saturated carbocycles. The quantitative estimate of drug-likeness (QED) is 0.790. The first-order valence-corrected chi connectivity index (χ1v) is 10.5.